The summed E-state index contributed by atoms with van der Waals surface area (Å²) in [5.41, 5.74) is 2.46. The summed E-state index contributed by atoms with van der Waals surface area (Å²) in [6, 6.07) is 11.9. The second-order valence-electron chi connectivity index (χ2n) is 4.03. The van der Waals surface area contributed by atoms with Crippen LogP contribution in [0.4, 0.5) is 0 Å². The van der Waals surface area contributed by atoms with Gasteiger partial charge in [0.05, 0.1) is 5.56 Å². The van der Waals surface area contributed by atoms with Crippen molar-refractivity contribution >= 4 is 12.1 Å². The number of ketones is 1. The summed E-state index contributed by atoms with van der Waals surface area (Å²) in [6.45, 7) is 1.51. The number of phenolic OH excluding ortho intramolecular Hbond substituents is 1. The summed E-state index contributed by atoms with van der Waals surface area (Å²) < 4.78 is 0. The molecule has 0 spiro atoms. The second-order valence-corrected chi connectivity index (χ2v) is 4.03. The molecule has 2 aromatic rings. The quantitative estimate of drug-likeness (QED) is 0.662. The molecule has 0 aliphatic heterocycles. The van der Waals surface area contributed by atoms with Crippen molar-refractivity contribution in [2.24, 2.45) is 0 Å². The molecule has 0 saturated carbocycles. The van der Waals surface area contributed by atoms with Crippen molar-refractivity contribution in [2.75, 3.05) is 0 Å². The van der Waals surface area contributed by atoms with Gasteiger partial charge in [-0.2, -0.15) is 0 Å². The zero-order valence-electron chi connectivity index (χ0n) is 9.88. The van der Waals surface area contributed by atoms with Gasteiger partial charge < -0.3 is 5.11 Å². The van der Waals surface area contributed by atoms with Crippen molar-refractivity contribution in [3.63, 3.8) is 0 Å². The zero-order valence-corrected chi connectivity index (χ0v) is 9.88. The molecule has 0 saturated heterocycles. The molecule has 3 heteroatoms. The molecule has 90 valence electrons. The molecule has 0 aliphatic rings. The van der Waals surface area contributed by atoms with Crippen molar-refractivity contribution in [3.8, 4) is 16.9 Å². The van der Waals surface area contributed by atoms with E-state index in [0.29, 0.717) is 11.8 Å². The van der Waals surface area contributed by atoms with Gasteiger partial charge in [0.25, 0.3) is 0 Å². The van der Waals surface area contributed by atoms with Crippen molar-refractivity contribution in [3.05, 3.63) is 53.6 Å². The van der Waals surface area contributed by atoms with E-state index in [1.54, 1.807) is 30.3 Å². The molecular weight excluding hydrogens is 228 g/mol. The largest absolute Gasteiger partial charge is 0.507 e. The Bertz CT molecular complexity index is 615. The molecule has 2 rings (SSSR count). The standard InChI is InChI=1S/C15H12O3/c1-10(17)11-3-2-4-12(7-11)13-5-6-14(9-16)15(18)8-13/h2-9,18H,1H3. The predicted octanol–water partition coefficient (Wildman–Crippen LogP) is 3.07. The van der Waals surface area contributed by atoms with Crippen LogP contribution in [0.15, 0.2) is 42.5 Å². The lowest BCUT2D eigenvalue weighted by atomic mass is 10.0. The van der Waals surface area contributed by atoms with E-state index < -0.39 is 0 Å². The molecule has 0 aliphatic carbocycles. The third kappa shape index (κ3) is 2.30. The maximum atomic E-state index is 11.3. The minimum absolute atomic E-state index is 0.00872. The average Bonchev–Trinajstić information content (AvgIpc) is 2.38. The molecule has 2 aromatic carbocycles. The Balaban J connectivity index is 2.48. The highest BCUT2D eigenvalue weighted by Gasteiger charge is 2.05. The third-order valence-corrected chi connectivity index (χ3v) is 2.76. The number of benzene rings is 2. The molecule has 3 nitrogen and oxygen atoms in total. The van der Waals surface area contributed by atoms with Gasteiger partial charge >= 0.3 is 0 Å². The maximum absolute atomic E-state index is 11.3. The summed E-state index contributed by atoms with van der Waals surface area (Å²) >= 11 is 0. The maximum Gasteiger partial charge on any atom is 0.159 e. The fourth-order valence-corrected chi connectivity index (χ4v) is 1.74. The molecule has 0 bridgehead atoms. The van der Waals surface area contributed by atoms with E-state index >= 15 is 0 Å². The highest BCUT2D eigenvalue weighted by Crippen LogP contribution is 2.26. The van der Waals surface area contributed by atoms with Gasteiger partial charge in [-0.1, -0.05) is 24.3 Å². The second kappa shape index (κ2) is 4.84. The summed E-state index contributed by atoms with van der Waals surface area (Å²) in [7, 11) is 0. The molecule has 0 fully saturated rings. The summed E-state index contributed by atoms with van der Waals surface area (Å²) in [5.74, 6) is -0.0682. The van der Waals surface area contributed by atoms with E-state index in [9.17, 15) is 14.7 Å². The zero-order chi connectivity index (χ0) is 13.1. The van der Waals surface area contributed by atoms with Gasteiger partial charge in [-0.15, -0.1) is 0 Å². The molecule has 0 aromatic heterocycles. The van der Waals surface area contributed by atoms with Gasteiger partial charge in [0.15, 0.2) is 12.1 Å². The third-order valence-electron chi connectivity index (χ3n) is 2.76. The minimum Gasteiger partial charge on any atom is -0.507 e. The van der Waals surface area contributed by atoms with Crippen molar-refractivity contribution in [1.82, 2.24) is 0 Å². The van der Waals surface area contributed by atoms with Crippen LogP contribution >= 0.6 is 0 Å². The lowest BCUT2D eigenvalue weighted by Gasteiger charge is -2.05. The van der Waals surface area contributed by atoms with Crippen LogP contribution in [-0.4, -0.2) is 17.2 Å². The van der Waals surface area contributed by atoms with Gasteiger partial charge in [-0.05, 0) is 36.2 Å². The Kier molecular flexibility index (Phi) is 3.24. The lowest BCUT2D eigenvalue weighted by Crippen LogP contribution is -1.92. The molecule has 0 amide bonds. The van der Waals surface area contributed by atoms with E-state index in [1.165, 1.54) is 13.0 Å². The number of rotatable bonds is 3. The van der Waals surface area contributed by atoms with Crippen LogP contribution in [0.2, 0.25) is 0 Å². The normalized spacial score (nSPS) is 10.1. The van der Waals surface area contributed by atoms with E-state index in [2.05, 4.69) is 0 Å². The molecule has 0 unspecified atom stereocenters. The first-order valence-electron chi connectivity index (χ1n) is 5.51. The van der Waals surface area contributed by atoms with Crippen LogP contribution in [0.3, 0.4) is 0 Å². The number of hydrogen-bond acceptors (Lipinski definition) is 3. The molecule has 0 heterocycles. The first kappa shape index (κ1) is 12.0. The number of carbonyl (C=O) groups excluding carboxylic acids is 2. The fraction of sp³-hybridized carbons (Fsp3) is 0.0667. The lowest BCUT2D eigenvalue weighted by molar-refractivity contribution is 0.101. The molecule has 0 atom stereocenters. The Labute approximate surface area is 105 Å². The van der Waals surface area contributed by atoms with Gasteiger partial charge in [0.2, 0.25) is 0 Å². The van der Waals surface area contributed by atoms with Crippen molar-refractivity contribution < 1.29 is 14.7 Å². The molecule has 1 N–H and O–H groups in total. The summed E-state index contributed by atoms with van der Waals surface area (Å²) in [6.07, 6.45) is 0.602. The summed E-state index contributed by atoms with van der Waals surface area (Å²) in [5, 5.41) is 9.63. The predicted molar refractivity (Wildman–Crippen MR) is 68.9 cm³/mol. The van der Waals surface area contributed by atoms with Crippen LogP contribution in [0, 0.1) is 0 Å². The Morgan fingerprint density at radius 2 is 1.83 bits per heavy atom. The average molecular weight is 240 g/mol. The van der Waals surface area contributed by atoms with Crippen molar-refractivity contribution in [1.29, 1.82) is 0 Å². The Morgan fingerprint density at radius 1 is 1.11 bits per heavy atom. The van der Waals surface area contributed by atoms with E-state index in [4.69, 9.17) is 0 Å². The Hall–Kier alpha value is -2.42. The van der Waals surface area contributed by atoms with Crippen LogP contribution < -0.4 is 0 Å². The number of carbonyl (C=O) groups is 2. The molecule has 0 radical (unpaired) electrons. The van der Waals surface area contributed by atoms with Gasteiger partial charge in [0.1, 0.15) is 5.75 Å². The minimum atomic E-state index is -0.0595. The number of aromatic hydroxyl groups is 1. The van der Waals surface area contributed by atoms with Gasteiger partial charge in [0, 0.05) is 5.56 Å². The smallest absolute Gasteiger partial charge is 0.159 e. The molecular formula is C15H12O3. The monoisotopic (exact) mass is 240 g/mol. The highest BCUT2D eigenvalue weighted by molar-refractivity contribution is 5.95. The first-order chi connectivity index (χ1) is 8.61. The van der Waals surface area contributed by atoms with Gasteiger partial charge in [-0.25, -0.2) is 0 Å². The number of phenols is 1. The Morgan fingerprint density at radius 3 is 2.44 bits per heavy atom. The SMILES string of the molecule is CC(=O)c1cccc(-c2ccc(C=O)c(O)c2)c1. The highest BCUT2D eigenvalue weighted by atomic mass is 16.3. The van der Waals surface area contributed by atoms with Crippen LogP contribution in [0.5, 0.6) is 5.75 Å². The van der Waals surface area contributed by atoms with Crippen molar-refractivity contribution in [2.45, 2.75) is 6.92 Å². The molecule has 18 heavy (non-hydrogen) atoms. The number of aldehydes is 1. The van der Waals surface area contributed by atoms with Gasteiger partial charge in [-0.3, -0.25) is 9.59 Å². The van der Waals surface area contributed by atoms with E-state index in [0.717, 1.165) is 11.1 Å². The van der Waals surface area contributed by atoms with E-state index in [-0.39, 0.29) is 17.1 Å². The number of Topliss-reactive ketones (excluding diaryl/α,β-unsaturated/α-hetero) is 1. The van der Waals surface area contributed by atoms with Crippen LogP contribution in [0.25, 0.3) is 11.1 Å². The van der Waals surface area contributed by atoms with Crippen LogP contribution in [-0.2, 0) is 0 Å². The fourth-order valence-electron chi connectivity index (χ4n) is 1.74. The first-order valence-corrected chi connectivity index (χ1v) is 5.51. The number of hydrogen-bond donors (Lipinski definition) is 1. The van der Waals surface area contributed by atoms with Crippen LogP contribution in [0.1, 0.15) is 27.6 Å². The topological polar surface area (TPSA) is 54.4 Å². The summed E-state index contributed by atoms with van der Waals surface area (Å²) in [4.78, 5) is 21.9. The van der Waals surface area contributed by atoms with E-state index in [1.807, 2.05) is 6.07 Å².